The summed E-state index contributed by atoms with van der Waals surface area (Å²) >= 11 is 0. The second kappa shape index (κ2) is 5.05. The predicted molar refractivity (Wildman–Crippen MR) is 75.1 cm³/mol. The number of hydrogen-bond acceptors (Lipinski definition) is 4. The van der Waals surface area contributed by atoms with Crippen LogP contribution in [0.15, 0.2) is 0 Å². The van der Waals surface area contributed by atoms with Crippen LogP contribution in [0.2, 0.25) is 0 Å². The minimum Gasteiger partial charge on any atom is -0.444 e. The molecule has 0 spiro atoms. The highest BCUT2D eigenvalue weighted by molar-refractivity contribution is 5.69. The lowest BCUT2D eigenvalue weighted by Gasteiger charge is -2.24. The van der Waals surface area contributed by atoms with Crippen LogP contribution < -0.4 is 0 Å². The molecule has 0 fully saturated rings. The molecule has 5 heteroatoms. The number of rotatable bonds is 1. The number of fused-ring (bicyclic) bond motifs is 1. The monoisotopic (exact) mass is 278 g/mol. The van der Waals surface area contributed by atoms with Gasteiger partial charge in [-0.05, 0) is 51.3 Å². The van der Waals surface area contributed by atoms with Gasteiger partial charge in [0.05, 0.1) is 31.1 Å². The summed E-state index contributed by atoms with van der Waals surface area (Å²) in [4.78, 5) is 18.2. The van der Waals surface area contributed by atoms with Gasteiger partial charge in [0.2, 0.25) is 0 Å². The summed E-state index contributed by atoms with van der Waals surface area (Å²) in [7, 11) is 0. The third-order valence-corrected chi connectivity index (χ3v) is 3.56. The van der Waals surface area contributed by atoms with E-state index >= 15 is 0 Å². The van der Waals surface area contributed by atoms with Crippen LogP contribution in [0.4, 0.5) is 4.79 Å². The van der Waals surface area contributed by atoms with E-state index in [2.05, 4.69) is 4.98 Å². The Morgan fingerprint density at radius 2 is 1.95 bits per heavy atom. The molecule has 0 saturated heterocycles. The zero-order valence-electron chi connectivity index (χ0n) is 12.8. The number of pyridine rings is 1. The molecule has 20 heavy (non-hydrogen) atoms. The molecule has 0 saturated carbocycles. The van der Waals surface area contributed by atoms with E-state index in [0.29, 0.717) is 18.8 Å². The summed E-state index contributed by atoms with van der Waals surface area (Å²) < 4.78 is 5.39. The van der Waals surface area contributed by atoms with Crippen molar-refractivity contribution in [2.24, 2.45) is 0 Å². The quantitative estimate of drug-likeness (QED) is 0.857. The highest BCUT2D eigenvalue weighted by Gasteiger charge is 2.30. The van der Waals surface area contributed by atoms with Crippen molar-refractivity contribution in [3.63, 3.8) is 0 Å². The van der Waals surface area contributed by atoms with Gasteiger partial charge in [-0.25, -0.2) is 4.79 Å². The zero-order valence-corrected chi connectivity index (χ0v) is 12.8. The number of aromatic nitrogens is 1. The number of nitrogens with zero attached hydrogens (tertiary/aromatic N) is 2. The van der Waals surface area contributed by atoms with Crippen LogP contribution in [0.25, 0.3) is 0 Å². The molecule has 110 valence electrons. The van der Waals surface area contributed by atoms with Crippen LogP contribution in [-0.4, -0.2) is 26.7 Å². The molecule has 1 aliphatic heterocycles. The third-order valence-electron chi connectivity index (χ3n) is 3.56. The maximum Gasteiger partial charge on any atom is 0.410 e. The van der Waals surface area contributed by atoms with Gasteiger partial charge >= 0.3 is 6.09 Å². The second-order valence-corrected chi connectivity index (χ2v) is 6.23. The fraction of sp³-hybridized carbons (Fsp3) is 0.600. The van der Waals surface area contributed by atoms with Crippen LogP contribution in [0.5, 0.6) is 0 Å². The zero-order chi connectivity index (χ0) is 15.1. The van der Waals surface area contributed by atoms with E-state index in [1.807, 2.05) is 34.6 Å². The van der Waals surface area contributed by atoms with Gasteiger partial charge in [-0.1, -0.05) is 0 Å². The minimum absolute atomic E-state index is 0.0770. The van der Waals surface area contributed by atoms with E-state index in [9.17, 15) is 9.90 Å². The Labute approximate surface area is 119 Å². The van der Waals surface area contributed by atoms with E-state index < -0.39 is 5.60 Å². The average molecular weight is 278 g/mol. The smallest absolute Gasteiger partial charge is 0.410 e. The molecular weight excluding hydrogens is 256 g/mol. The predicted octanol–water partition coefficient (Wildman–Crippen LogP) is 2.44. The molecule has 1 N–H and O–H groups in total. The highest BCUT2D eigenvalue weighted by Crippen LogP contribution is 2.28. The second-order valence-electron chi connectivity index (χ2n) is 6.23. The van der Waals surface area contributed by atoms with Crippen molar-refractivity contribution in [1.29, 1.82) is 0 Å². The van der Waals surface area contributed by atoms with E-state index in [0.717, 1.165) is 22.4 Å². The molecule has 0 unspecified atom stereocenters. The first kappa shape index (κ1) is 14.8. The van der Waals surface area contributed by atoms with Crippen LogP contribution in [0.3, 0.4) is 0 Å². The number of aliphatic hydroxyl groups excluding tert-OH is 1. The van der Waals surface area contributed by atoms with Gasteiger partial charge in [0.25, 0.3) is 0 Å². The van der Waals surface area contributed by atoms with Gasteiger partial charge in [0.15, 0.2) is 0 Å². The molecular formula is C15H22N2O3. The van der Waals surface area contributed by atoms with Crippen molar-refractivity contribution in [2.45, 2.75) is 59.9 Å². The van der Waals surface area contributed by atoms with Crippen molar-refractivity contribution in [1.82, 2.24) is 9.88 Å². The fourth-order valence-corrected chi connectivity index (χ4v) is 2.35. The number of aliphatic hydroxyl groups is 1. The van der Waals surface area contributed by atoms with Crippen molar-refractivity contribution in [3.05, 3.63) is 28.1 Å². The molecule has 1 amide bonds. The van der Waals surface area contributed by atoms with Gasteiger partial charge < -0.3 is 9.84 Å². The molecule has 1 aromatic rings. The minimum atomic E-state index is -0.499. The Morgan fingerprint density at radius 1 is 1.30 bits per heavy atom. The van der Waals surface area contributed by atoms with Crippen LogP contribution in [-0.2, 0) is 24.4 Å². The first-order valence-corrected chi connectivity index (χ1v) is 6.79. The summed E-state index contributed by atoms with van der Waals surface area (Å²) in [6, 6.07) is 0. The summed E-state index contributed by atoms with van der Waals surface area (Å²) in [5, 5.41) is 9.33. The Kier molecular flexibility index (Phi) is 3.73. The maximum absolute atomic E-state index is 12.1. The molecule has 0 bridgehead atoms. The van der Waals surface area contributed by atoms with E-state index in [-0.39, 0.29) is 12.7 Å². The molecule has 0 atom stereocenters. The largest absolute Gasteiger partial charge is 0.444 e. The van der Waals surface area contributed by atoms with E-state index in [1.165, 1.54) is 0 Å². The number of hydrogen-bond donors (Lipinski definition) is 1. The van der Waals surface area contributed by atoms with Gasteiger partial charge in [0, 0.05) is 0 Å². The lowest BCUT2D eigenvalue weighted by molar-refractivity contribution is 0.0240. The van der Waals surface area contributed by atoms with Gasteiger partial charge in [-0.3, -0.25) is 9.88 Å². The Morgan fingerprint density at radius 3 is 2.50 bits per heavy atom. The summed E-state index contributed by atoms with van der Waals surface area (Å²) in [5.41, 5.74) is 4.23. The topological polar surface area (TPSA) is 62.7 Å². The SMILES string of the molecule is Cc1c(CO)nc2c(c1C)CN(C(=O)OC(C)(C)C)C2. The maximum atomic E-state index is 12.1. The summed E-state index contributed by atoms with van der Waals surface area (Å²) in [6.45, 7) is 10.4. The van der Waals surface area contributed by atoms with Crippen molar-refractivity contribution in [2.75, 3.05) is 0 Å². The van der Waals surface area contributed by atoms with Gasteiger partial charge in [-0.15, -0.1) is 0 Å². The van der Waals surface area contributed by atoms with Crippen LogP contribution in [0.1, 0.15) is 48.8 Å². The summed E-state index contributed by atoms with van der Waals surface area (Å²) in [5.74, 6) is 0. The van der Waals surface area contributed by atoms with Crippen molar-refractivity contribution < 1.29 is 14.6 Å². The molecule has 0 aromatic carbocycles. The van der Waals surface area contributed by atoms with Crippen LogP contribution >= 0.6 is 0 Å². The fourth-order valence-electron chi connectivity index (χ4n) is 2.35. The first-order valence-electron chi connectivity index (χ1n) is 6.79. The molecule has 1 aliphatic rings. The standard InChI is InChI=1S/C15H22N2O3/c1-9-10(2)13(8-18)16-12-7-17(6-11(9)12)14(19)20-15(3,4)5/h18H,6-8H2,1-5H3. The summed E-state index contributed by atoms with van der Waals surface area (Å²) in [6.07, 6.45) is -0.321. The Hall–Kier alpha value is -1.62. The van der Waals surface area contributed by atoms with Gasteiger partial charge in [0.1, 0.15) is 5.60 Å². The van der Waals surface area contributed by atoms with Crippen molar-refractivity contribution in [3.8, 4) is 0 Å². The molecule has 0 radical (unpaired) electrons. The number of carbonyl (C=O) groups is 1. The number of amides is 1. The molecule has 5 nitrogen and oxygen atoms in total. The Bertz CT molecular complexity index is 547. The highest BCUT2D eigenvalue weighted by atomic mass is 16.6. The molecule has 2 heterocycles. The van der Waals surface area contributed by atoms with Crippen molar-refractivity contribution >= 4 is 6.09 Å². The first-order chi connectivity index (χ1) is 9.23. The normalized spacial score (nSPS) is 14.4. The molecule has 0 aliphatic carbocycles. The molecule has 1 aromatic heterocycles. The molecule has 2 rings (SSSR count). The lowest BCUT2D eigenvalue weighted by Crippen LogP contribution is -2.33. The van der Waals surface area contributed by atoms with Crippen LogP contribution in [0, 0.1) is 13.8 Å². The third kappa shape index (κ3) is 2.77. The number of ether oxygens (including phenoxy) is 1. The average Bonchev–Trinajstić information content (AvgIpc) is 2.75. The van der Waals surface area contributed by atoms with E-state index in [4.69, 9.17) is 4.74 Å². The van der Waals surface area contributed by atoms with E-state index in [1.54, 1.807) is 4.90 Å². The van der Waals surface area contributed by atoms with Gasteiger partial charge in [-0.2, -0.15) is 0 Å². The lowest BCUT2D eigenvalue weighted by atomic mass is 10.0. The number of carbonyl (C=O) groups excluding carboxylic acids is 1. The Balaban J connectivity index is 2.23.